The fourth-order valence-corrected chi connectivity index (χ4v) is 2.30. The molecule has 0 aliphatic rings. The molecule has 1 amide bonds. The summed E-state index contributed by atoms with van der Waals surface area (Å²) in [5.41, 5.74) is 3.37. The third kappa shape index (κ3) is 3.97. The van der Waals surface area contributed by atoms with Crippen molar-refractivity contribution in [3.63, 3.8) is 0 Å². The molecule has 1 atom stereocenters. The van der Waals surface area contributed by atoms with Crippen molar-refractivity contribution >= 4 is 5.91 Å². The molecular formula is C16H25NO3. The first-order chi connectivity index (χ1) is 9.40. The summed E-state index contributed by atoms with van der Waals surface area (Å²) in [7, 11) is 3.20. The molecule has 0 saturated carbocycles. The molecule has 1 unspecified atom stereocenters. The lowest BCUT2D eigenvalue weighted by Crippen LogP contribution is -2.30. The van der Waals surface area contributed by atoms with E-state index in [-0.39, 0.29) is 18.6 Å². The molecule has 0 bridgehead atoms. The molecule has 0 aliphatic carbocycles. The minimum absolute atomic E-state index is 0.0546. The van der Waals surface area contributed by atoms with Crippen LogP contribution < -0.4 is 10.1 Å². The second kappa shape index (κ2) is 7.29. The number of amides is 1. The zero-order valence-electron chi connectivity index (χ0n) is 13.2. The lowest BCUT2D eigenvalue weighted by molar-refractivity contribution is -0.125. The van der Waals surface area contributed by atoms with Crippen molar-refractivity contribution in [2.24, 2.45) is 0 Å². The van der Waals surface area contributed by atoms with Crippen molar-refractivity contribution in [1.82, 2.24) is 5.32 Å². The number of carbonyl (C=O) groups excluding carboxylic acids is 1. The van der Waals surface area contributed by atoms with Gasteiger partial charge in [0, 0.05) is 7.11 Å². The van der Waals surface area contributed by atoms with Crippen molar-refractivity contribution in [2.45, 2.75) is 39.7 Å². The Balaban J connectivity index is 3.05. The minimum atomic E-state index is -0.110. The lowest BCUT2D eigenvalue weighted by atomic mass is 9.93. The maximum absolute atomic E-state index is 11.6. The first-order valence-electron chi connectivity index (χ1n) is 6.87. The van der Waals surface area contributed by atoms with Crippen molar-refractivity contribution in [1.29, 1.82) is 0 Å². The van der Waals surface area contributed by atoms with E-state index in [9.17, 15) is 4.79 Å². The molecule has 1 N–H and O–H groups in total. The number of nitrogens with one attached hydrogen (secondary N) is 1. The van der Waals surface area contributed by atoms with Gasteiger partial charge in [0.2, 0.25) is 5.91 Å². The third-order valence-electron chi connectivity index (χ3n) is 3.36. The highest BCUT2D eigenvalue weighted by Gasteiger charge is 2.16. The summed E-state index contributed by atoms with van der Waals surface area (Å²) in [5, 5.41) is 2.94. The highest BCUT2D eigenvalue weighted by atomic mass is 16.5. The predicted molar refractivity (Wildman–Crippen MR) is 80.3 cm³/mol. The lowest BCUT2D eigenvalue weighted by Gasteiger charge is -2.21. The topological polar surface area (TPSA) is 47.6 Å². The van der Waals surface area contributed by atoms with Gasteiger partial charge in [0.05, 0.1) is 13.2 Å². The maximum Gasteiger partial charge on any atom is 0.246 e. The Hall–Kier alpha value is -1.55. The second-order valence-electron chi connectivity index (χ2n) is 5.33. The largest absolute Gasteiger partial charge is 0.496 e. The van der Waals surface area contributed by atoms with E-state index in [1.165, 1.54) is 7.11 Å². The van der Waals surface area contributed by atoms with Gasteiger partial charge in [0.1, 0.15) is 12.4 Å². The summed E-state index contributed by atoms with van der Waals surface area (Å²) >= 11 is 0. The van der Waals surface area contributed by atoms with Crippen LogP contribution in [0, 0.1) is 6.92 Å². The molecule has 4 heteroatoms. The maximum atomic E-state index is 11.6. The number of hydrogen-bond donors (Lipinski definition) is 1. The molecule has 0 saturated heterocycles. The Bertz CT molecular complexity index is 469. The summed E-state index contributed by atoms with van der Waals surface area (Å²) in [6.45, 7) is 8.35. The average molecular weight is 279 g/mol. The van der Waals surface area contributed by atoms with Crippen LogP contribution in [0.2, 0.25) is 0 Å². The van der Waals surface area contributed by atoms with E-state index in [1.54, 1.807) is 7.11 Å². The highest BCUT2D eigenvalue weighted by Crippen LogP contribution is 2.31. The van der Waals surface area contributed by atoms with Gasteiger partial charge in [-0.3, -0.25) is 4.79 Å². The molecule has 0 aliphatic heterocycles. The first kappa shape index (κ1) is 16.5. The molecule has 0 spiro atoms. The van der Waals surface area contributed by atoms with Crippen molar-refractivity contribution < 1.29 is 14.3 Å². The first-order valence-corrected chi connectivity index (χ1v) is 6.87. The number of rotatable bonds is 6. The summed E-state index contributed by atoms with van der Waals surface area (Å²) < 4.78 is 10.3. The third-order valence-corrected chi connectivity index (χ3v) is 3.36. The summed E-state index contributed by atoms with van der Waals surface area (Å²) in [6, 6.07) is 4.10. The van der Waals surface area contributed by atoms with Crippen LogP contribution in [0.1, 0.15) is 49.4 Å². The molecule has 0 radical (unpaired) electrons. The summed E-state index contributed by atoms with van der Waals surface area (Å²) in [5.74, 6) is 1.16. The molecule has 0 fully saturated rings. The van der Waals surface area contributed by atoms with Gasteiger partial charge in [0.15, 0.2) is 0 Å². The molecular weight excluding hydrogens is 254 g/mol. The number of ether oxygens (including phenoxy) is 2. The van der Waals surface area contributed by atoms with Gasteiger partial charge in [-0.1, -0.05) is 13.8 Å². The Labute approximate surface area is 121 Å². The Kier molecular flexibility index (Phi) is 6.02. The van der Waals surface area contributed by atoms with E-state index in [4.69, 9.17) is 9.47 Å². The van der Waals surface area contributed by atoms with Crippen LogP contribution >= 0.6 is 0 Å². The van der Waals surface area contributed by atoms with Crippen LogP contribution in [-0.2, 0) is 9.53 Å². The summed E-state index contributed by atoms with van der Waals surface area (Å²) in [6.07, 6.45) is 0. The van der Waals surface area contributed by atoms with Gasteiger partial charge >= 0.3 is 0 Å². The van der Waals surface area contributed by atoms with E-state index in [0.29, 0.717) is 5.92 Å². The molecule has 0 heterocycles. The molecule has 1 aromatic rings. The number of methoxy groups -OCH3 is 2. The monoisotopic (exact) mass is 279 g/mol. The van der Waals surface area contributed by atoms with Crippen LogP contribution in [0.25, 0.3) is 0 Å². The van der Waals surface area contributed by atoms with Crippen LogP contribution in [0.3, 0.4) is 0 Å². The fourth-order valence-electron chi connectivity index (χ4n) is 2.30. The Morgan fingerprint density at radius 3 is 2.35 bits per heavy atom. The van der Waals surface area contributed by atoms with Gasteiger partial charge in [-0.05, 0) is 48.6 Å². The van der Waals surface area contributed by atoms with Gasteiger partial charge in [0.25, 0.3) is 0 Å². The number of benzene rings is 1. The van der Waals surface area contributed by atoms with Crippen LogP contribution in [0.15, 0.2) is 12.1 Å². The average Bonchev–Trinajstić information content (AvgIpc) is 2.37. The zero-order valence-corrected chi connectivity index (χ0v) is 13.2. The van der Waals surface area contributed by atoms with Crippen LogP contribution in [0.5, 0.6) is 5.75 Å². The Morgan fingerprint density at radius 2 is 1.85 bits per heavy atom. The normalized spacial score (nSPS) is 12.3. The van der Waals surface area contributed by atoms with E-state index in [1.807, 2.05) is 19.9 Å². The van der Waals surface area contributed by atoms with Crippen molar-refractivity contribution in [3.8, 4) is 5.75 Å². The van der Waals surface area contributed by atoms with Crippen LogP contribution in [-0.4, -0.2) is 26.7 Å². The van der Waals surface area contributed by atoms with Gasteiger partial charge in [-0.2, -0.15) is 0 Å². The van der Waals surface area contributed by atoms with Crippen molar-refractivity contribution in [3.05, 3.63) is 28.8 Å². The minimum Gasteiger partial charge on any atom is -0.496 e. The number of aryl methyl sites for hydroxylation is 1. The van der Waals surface area contributed by atoms with Crippen molar-refractivity contribution in [2.75, 3.05) is 20.8 Å². The molecule has 20 heavy (non-hydrogen) atoms. The highest BCUT2D eigenvalue weighted by molar-refractivity contribution is 5.77. The summed E-state index contributed by atoms with van der Waals surface area (Å²) in [4.78, 5) is 11.6. The van der Waals surface area contributed by atoms with E-state index < -0.39 is 0 Å². The van der Waals surface area contributed by atoms with Gasteiger partial charge < -0.3 is 14.8 Å². The molecule has 1 rings (SSSR count). The molecule has 112 valence electrons. The second-order valence-corrected chi connectivity index (χ2v) is 5.33. The van der Waals surface area contributed by atoms with Gasteiger partial charge in [-0.25, -0.2) is 0 Å². The van der Waals surface area contributed by atoms with E-state index in [2.05, 4.69) is 25.2 Å². The molecule has 0 aromatic heterocycles. The molecule has 1 aromatic carbocycles. The van der Waals surface area contributed by atoms with E-state index >= 15 is 0 Å². The quantitative estimate of drug-likeness (QED) is 0.871. The number of carbonyl (C=O) groups is 1. The van der Waals surface area contributed by atoms with Crippen LogP contribution in [0.4, 0.5) is 0 Å². The van der Waals surface area contributed by atoms with E-state index in [0.717, 1.165) is 22.4 Å². The SMILES string of the molecule is COCC(=O)NC(C)c1cc(C(C)C)c(OC)cc1C. The zero-order chi connectivity index (χ0) is 15.3. The predicted octanol–water partition coefficient (Wildman–Crippen LogP) is 2.95. The van der Waals surface area contributed by atoms with Gasteiger partial charge in [-0.15, -0.1) is 0 Å². The molecule has 4 nitrogen and oxygen atoms in total. The standard InChI is InChI=1S/C16H25NO3/c1-10(2)13-8-14(11(3)7-15(13)20-6)12(4)17-16(18)9-19-5/h7-8,10,12H,9H2,1-6H3,(H,17,18). The smallest absolute Gasteiger partial charge is 0.246 e. The Morgan fingerprint density at radius 1 is 1.20 bits per heavy atom. The fraction of sp³-hybridized carbons (Fsp3) is 0.562. The number of hydrogen-bond acceptors (Lipinski definition) is 3.